The second kappa shape index (κ2) is 8.06. The van der Waals surface area contributed by atoms with E-state index in [1.807, 2.05) is 31.2 Å². The van der Waals surface area contributed by atoms with Crippen molar-refractivity contribution >= 4 is 40.6 Å². The Hall–Kier alpha value is -2.44. The zero-order valence-electron chi connectivity index (χ0n) is 15.1. The molecule has 0 radical (unpaired) electrons. The summed E-state index contributed by atoms with van der Waals surface area (Å²) in [5.41, 5.74) is 2.68. The number of carbonyl (C=O) groups excluding carboxylic acids is 2. The molecule has 2 aromatic rings. The minimum Gasteiger partial charge on any atom is -0.493 e. The van der Waals surface area contributed by atoms with Gasteiger partial charge in [0.15, 0.2) is 11.5 Å². The summed E-state index contributed by atoms with van der Waals surface area (Å²) < 4.78 is 10.5. The Morgan fingerprint density at radius 2 is 1.81 bits per heavy atom. The van der Waals surface area contributed by atoms with Crippen molar-refractivity contribution in [2.45, 2.75) is 13.5 Å². The van der Waals surface area contributed by atoms with Gasteiger partial charge in [-0.25, -0.2) is 0 Å². The van der Waals surface area contributed by atoms with E-state index in [0.29, 0.717) is 27.0 Å². The topological polar surface area (TPSA) is 55.8 Å². The molecule has 0 N–H and O–H groups in total. The van der Waals surface area contributed by atoms with Gasteiger partial charge in [0.2, 0.25) is 0 Å². The average molecular weight is 404 g/mol. The first-order chi connectivity index (χ1) is 12.9. The molecule has 1 fully saturated rings. The minimum atomic E-state index is -0.323. The summed E-state index contributed by atoms with van der Waals surface area (Å²) in [5, 5.41) is 0.0698. The Bertz CT molecular complexity index is 924. The fourth-order valence-corrected chi connectivity index (χ4v) is 3.82. The molecular formula is C20H18ClNO4S. The summed E-state index contributed by atoms with van der Waals surface area (Å²) in [6.45, 7) is 2.23. The van der Waals surface area contributed by atoms with E-state index in [4.69, 9.17) is 21.1 Å². The normalized spacial score (nSPS) is 15.6. The highest BCUT2D eigenvalue weighted by molar-refractivity contribution is 8.18. The highest BCUT2D eigenvalue weighted by atomic mass is 35.5. The van der Waals surface area contributed by atoms with Gasteiger partial charge in [-0.3, -0.25) is 14.5 Å². The molecule has 0 spiro atoms. The van der Waals surface area contributed by atoms with E-state index in [2.05, 4.69) is 0 Å². The predicted molar refractivity (Wildman–Crippen MR) is 107 cm³/mol. The SMILES string of the molecule is COc1cc(/C=C2\SC(=O)N(Cc3ccc(C)cc3)C2=O)cc(Cl)c1OC. The smallest absolute Gasteiger partial charge is 0.293 e. The molecule has 0 saturated carbocycles. The summed E-state index contributed by atoms with van der Waals surface area (Å²) in [4.78, 5) is 26.6. The third-order valence-electron chi connectivity index (χ3n) is 4.09. The Labute approximate surface area is 166 Å². The first kappa shape index (κ1) is 19.3. The van der Waals surface area contributed by atoms with Gasteiger partial charge < -0.3 is 9.47 Å². The number of hydrogen-bond acceptors (Lipinski definition) is 5. The molecule has 3 rings (SSSR count). The van der Waals surface area contributed by atoms with Gasteiger partial charge in [0, 0.05) is 0 Å². The molecule has 7 heteroatoms. The van der Waals surface area contributed by atoms with Crippen LogP contribution in [-0.4, -0.2) is 30.3 Å². The van der Waals surface area contributed by atoms with Crippen LogP contribution in [0.4, 0.5) is 4.79 Å². The zero-order chi connectivity index (χ0) is 19.6. The van der Waals surface area contributed by atoms with Gasteiger partial charge >= 0.3 is 0 Å². The molecule has 1 aliphatic heterocycles. The molecule has 0 bridgehead atoms. The molecule has 140 valence electrons. The van der Waals surface area contributed by atoms with Crippen molar-refractivity contribution in [1.82, 2.24) is 4.90 Å². The summed E-state index contributed by atoms with van der Waals surface area (Å²) in [6, 6.07) is 11.1. The van der Waals surface area contributed by atoms with E-state index in [-0.39, 0.29) is 17.7 Å². The second-order valence-electron chi connectivity index (χ2n) is 5.99. The maximum Gasteiger partial charge on any atom is 0.293 e. The first-order valence-corrected chi connectivity index (χ1v) is 9.35. The van der Waals surface area contributed by atoms with Crippen LogP contribution < -0.4 is 9.47 Å². The van der Waals surface area contributed by atoms with E-state index in [0.717, 1.165) is 22.9 Å². The van der Waals surface area contributed by atoms with Crippen LogP contribution in [0.15, 0.2) is 41.3 Å². The maximum atomic E-state index is 12.7. The molecule has 1 heterocycles. The van der Waals surface area contributed by atoms with Crippen molar-refractivity contribution in [3.8, 4) is 11.5 Å². The van der Waals surface area contributed by atoms with Gasteiger partial charge in [-0.1, -0.05) is 41.4 Å². The van der Waals surface area contributed by atoms with Gasteiger partial charge in [0.1, 0.15) is 0 Å². The molecule has 27 heavy (non-hydrogen) atoms. The summed E-state index contributed by atoms with van der Waals surface area (Å²) in [5.74, 6) is 0.551. The second-order valence-corrected chi connectivity index (χ2v) is 7.39. The number of thioether (sulfide) groups is 1. The van der Waals surface area contributed by atoms with Crippen LogP contribution >= 0.6 is 23.4 Å². The van der Waals surface area contributed by atoms with Crippen molar-refractivity contribution in [2.75, 3.05) is 14.2 Å². The predicted octanol–water partition coefficient (Wildman–Crippen LogP) is 4.90. The van der Waals surface area contributed by atoms with Crippen LogP contribution in [0.25, 0.3) is 6.08 Å². The average Bonchev–Trinajstić information content (AvgIpc) is 2.90. The van der Waals surface area contributed by atoms with Crippen molar-refractivity contribution in [2.24, 2.45) is 0 Å². The van der Waals surface area contributed by atoms with E-state index in [1.165, 1.54) is 19.1 Å². The number of methoxy groups -OCH3 is 2. The molecule has 1 aliphatic rings. The number of hydrogen-bond donors (Lipinski definition) is 0. The molecular weight excluding hydrogens is 386 g/mol. The standard InChI is InChI=1S/C20H18ClNO4S/c1-12-4-6-13(7-5-12)11-22-19(23)17(27-20(22)24)10-14-8-15(21)18(26-3)16(9-14)25-2/h4-10H,11H2,1-3H3/b17-10-. The number of nitrogens with zero attached hydrogens (tertiary/aromatic N) is 1. The van der Waals surface area contributed by atoms with Crippen molar-refractivity contribution < 1.29 is 19.1 Å². The Morgan fingerprint density at radius 1 is 1.11 bits per heavy atom. The molecule has 5 nitrogen and oxygen atoms in total. The molecule has 0 atom stereocenters. The van der Waals surface area contributed by atoms with Crippen LogP contribution in [0.1, 0.15) is 16.7 Å². The van der Waals surface area contributed by atoms with Gasteiger partial charge in [0.05, 0.1) is 30.7 Å². The molecule has 0 aliphatic carbocycles. The minimum absolute atomic E-state index is 0.245. The summed E-state index contributed by atoms with van der Waals surface area (Å²) in [6.07, 6.45) is 1.63. The van der Waals surface area contributed by atoms with Crippen LogP contribution in [0, 0.1) is 6.92 Å². The number of benzene rings is 2. The zero-order valence-corrected chi connectivity index (χ0v) is 16.7. The Balaban J connectivity index is 1.86. The van der Waals surface area contributed by atoms with Crippen LogP contribution in [0.3, 0.4) is 0 Å². The number of imide groups is 1. The van der Waals surface area contributed by atoms with Crippen LogP contribution in [0.5, 0.6) is 11.5 Å². The van der Waals surface area contributed by atoms with E-state index < -0.39 is 0 Å². The lowest BCUT2D eigenvalue weighted by molar-refractivity contribution is -0.123. The maximum absolute atomic E-state index is 12.7. The molecule has 2 amide bonds. The lowest BCUT2D eigenvalue weighted by atomic mass is 10.1. The van der Waals surface area contributed by atoms with Gasteiger partial charge in [-0.05, 0) is 48.0 Å². The largest absolute Gasteiger partial charge is 0.493 e. The van der Waals surface area contributed by atoms with Gasteiger partial charge in [-0.2, -0.15) is 0 Å². The van der Waals surface area contributed by atoms with Crippen LogP contribution in [-0.2, 0) is 11.3 Å². The Kier molecular flexibility index (Phi) is 5.77. The summed E-state index contributed by atoms with van der Waals surface area (Å²) >= 11 is 7.12. The summed E-state index contributed by atoms with van der Waals surface area (Å²) in [7, 11) is 3.01. The first-order valence-electron chi connectivity index (χ1n) is 8.15. The highest BCUT2D eigenvalue weighted by Gasteiger charge is 2.35. The molecule has 0 unspecified atom stereocenters. The fraction of sp³-hybridized carbons (Fsp3) is 0.200. The van der Waals surface area contributed by atoms with E-state index in [1.54, 1.807) is 18.2 Å². The van der Waals surface area contributed by atoms with E-state index >= 15 is 0 Å². The molecule has 2 aromatic carbocycles. The molecule has 1 saturated heterocycles. The number of ether oxygens (including phenoxy) is 2. The highest BCUT2D eigenvalue weighted by Crippen LogP contribution is 2.38. The lowest BCUT2D eigenvalue weighted by Gasteiger charge is -2.12. The monoisotopic (exact) mass is 403 g/mol. The van der Waals surface area contributed by atoms with Crippen molar-refractivity contribution in [3.05, 3.63) is 63.0 Å². The van der Waals surface area contributed by atoms with Gasteiger partial charge in [-0.15, -0.1) is 0 Å². The van der Waals surface area contributed by atoms with E-state index in [9.17, 15) is 9.59 Å². The van der Waals surface area contributed by atoms with Crippen molar-refractivity contribution in [1.29, 1.82) is 0 Å². The lowest BCUT2D eigenvalue weighted by Crippen LogP contribution is -2.27. The van der Waals surface area contributed by atoms with Crippen LogP contribution in [0.2, 0.25) is 5.02 Å². The number of rotatable bonds is 5. The van der Waals surface area contributed by atoms with Gasteiger partial charge in [0.25, 0.3) is 11.1 Å². The number of halogens is 1. The fourth-order valence-electron chi connectivity index (χ4n) is 2.68. The third-order valence-corrected chi connectivity index (χ3v) is 5.28. The number of amides is 2. The molecule has 0 aromatic heterocycles. The van der Waals surface area contributed by atoms with Crippen molar-refractivity contribution in [3.63, 3.8) is 0 Å². The Morgan fingerprint density at radius 3 is 2.44 bits per heavy atom. The third kappa shape index (κ3) is 4.12. The number of carbonyl (C=O) groups is 2. The quantitative estimate of drug-likeness (QED) is 0.664. The number of aryl methyl sites for hydroxylation is 1.